The summed E-state index contributed by atoms with van der Waals surface area (Å²) in [4.78, 5) is 0.307. The number of rotatable bonds is 7. The number of furan rings is 1. The molecule has 2 rings (SSSR count). The van der Waals surface area contributed by atoms with E-state index in [1.807, 2.05) is 26.0 Å². The van der Waals surface area contributed by atoms with Crippen LogP contribution in [0.25, 0.3) is 0 Å². The van der Waals surface area contributed by atoms with Gasteiger partial charge in [-0.15, -0.1) is 5.73 Å². The summed E-state index contributed by atoms with van der Waals surface area (Å²) >= 11 is 0. The summed E-state index contributed by atoms with van der Waals surface area (Å²) in [5, 5.41) is 1.20. The minimum atomic E-state index is -3.43. The van der Waals surface area contributed by atoms with Gasteiger partial charge < -0.3 is 4.42 Å². The van der Waals surface area contributed by atoms with E-state index in [9.17, 15) is 8.42 Å². The summed E-state index contributed by atoms with van der Waals surface area (Å²) in [5.74, 6) is 0.955. The third-order valence-electron chi connectivity index (χ3n) is 3.68. The topological polar surface area (TPSA) is 47.3 Å². The van der Waals surface area contributed by atoms with E-state index in [0.717, 1.165) is 42.6 Å². The fraction of sp³-hybridized carbons (Fsp3) is 0.316. The number of allylic oxidation sites excluding steroid dienone is 1. The lowest BCUT2D eigenvalue weighted by molar-refractivity contribution is 0.501. The van der Waals surface area contributed by atoms with Crippen molar-refractivity contribution in [2.24, 2.45) is 0 Å². The molecule has 1 heterocycles. The predicted molar refractivity (Wildman–Crippen MR) is 91.9 cm³/mol. The summed E-state index contributed by atoms with van der Waals surface area (Å²) in [6.45, 7) is 3.95. The molecule has 3 nitrogen and oxygen atoms in total. The van der Waals surface area contributed by atoms with Crippen molar-refractivity contribution in [3.8, 4) is 0 Å². The van der Waals surface area contributed by atoms with Crippen LogP contribution in [-0.4, -0.2) is 8.42 Å². The quantitative estimate of drug-likeness (QED) is 0.683. The first-order chi connectivity index (χ1) is 11.0. The molecule has 0 bridgehead atoms. The highest BCUT2D eigenvalue weighted by molar-refractivity contribution is 7.94. The Labute approximate surface area is 138 Å². The number of aryl methyl sites for hydroxylation is 2. The first kappa shape index (κ1) is 17.3. The van der Waals surface area contributed by atoms with Gasteiger partial charge in [0.25, 0.3) is 0 Å². The highest BCUT2D eigenvalue weighted by Crippen LogP contribution is 2.15. The summed E-state index contributed by atoms with van der Waals surface area (Å²) < 4.78 is 29.9. The Morgan fingerprint density at radius 3 is 2.57 bits per heavy atom. The van der Waals surface area contributed by atoms with Gasteiger partial charge in [0.15, 0.2) is 0 Å². The van der Waals surface area contributed by atoms with Gasteiger partial charge in [0.1, 0.15) is 5.76 Å². The molecule has 0 radical (unpaired) electrons. The van der Waals surface area contributed by atoms with Crippen molar-refractivity contribution in [2.75, 3.05) is 0 Å². The van der Waals surface area contributed by atoms with Gasteiger partial charge in [-0.05, 0) is 56.0 Å². The SMILES string of the molecule is CCC(=C=CS(=O)(=O)c1ccc(C)cc1)CCCc1ccco1. The summed E-state index contributed by atoms with van der Waals surface area (Å²) in [5.41, 5.74) is 5.02. The van der Waals surface area contributed by atoms with Crippen LogP contribution in [-0.2, 0) is 16.3 Å². The molecule has 2 aromatic rings. The highest BCUT2D eigenvalue weighted by atomic mass is 32.2. The Hall–Kier alpha value is -2.03. The van der Waals surface area contributed by atoms with Gasteiger partial charge in [-0.3, -0.25) is 0 Å². The molecular weight excluding hydrogens is 308 g/mol. The third kappa shape index (κ3) is 5.27. The molecule has 4 heteroatoms. The maximum atomic E-state index is 12.3. The number of hydrogen-bond donors (Lipinski definition) is 0. The second-order valence-electron chi connectivity index (χ2n) is 5.51. The van der Waals surface area contributed by atoms with Crippen molar-refractivity contribution in [1.29, 1.82) is 0 Å². The summed E-state index contributed by atoms with van der Waals surface area (Å²) in [6, 6.07) is 10.7. The Kier molecular flexibility index (Phi) is 6.03. The van der Waals surface area contributed by atoms with Gasteiger partial charge in [-0.2, -0.15) is 0 Å². The van der Waals surface area contributed by atoms with Crippen molar-refractivity contribution in [1.82, 2.24) is 0 Å². The third-order valence-corrected chi connectivity index (χ3v) is 5.03. The van der Waals surface area contributed by atoms with E-state index >= 15 is 0 Å². The zero-order chi connectivity index (χ0) is 16.7. The van der Waals surface area contributed by atoms with Gasteiger partial charge in [0, 0.05) is 6.42 Å². The fourth-order valence-corrected chi connectivity index (χ4v) is 3.21. The van der Waals surface area contributed by atoms with Gasteiger partial charge >= 0.3 is 0 Å². The van der Waals surface area contributed by atoms with Gasteiger partial charge in [-0.25, -0.2) is 8.42 Å². The van der Waals surface area contributed by atoms with Crippen molar-refractivity contribution < 1.29 is 12.8 Å². The molecule has 0 aliphatic heterocycles. The molecule has 1 aromatic carbocycles. The molecule has 122 valence electrons. The van der Waals surface area contributed by atoms with Crippen molar-refractivity contribution in [2.45, 2.75) is 44.4 Å². The van der Waals surface area contributed by atoms with Crippen LogP contribution in [0.1, 0.15) is 37.5 Å². The first-order valence-corrected chi connectivity index (χ1v) is 9.34. The monoisotopic (exact) mass is 330 g/mol. The Bertz CT molecular complexity index is 776. The molecule has 23 heavy (non-hydrogen) atoms. The van der Waals surface area contributed by atoms with Gasteiger partial charge in [0.2, 0.25) is 9.84 Å². The smallest absolute Gasteiger partial charge is 0.207 e. The van der Waals surface area contributed by atoms with Crippen LogP contribution < -0.4 is 0 Å². The molecule has 0 aliphatic rings. The van der Waals surface area contributed by atoms with Crippen molar-refractivity contribution >= 4 is 9.84 Å². The van der Waals surface area contributed by atoms with Crippen molar-refractivity contribution in [3.63, 3.8) is 0 Å². The minimum absolute atomic E-state index is 0.307. The molecule has 0 unspecified atom stereocenters. The molecule has 1 aromatic heterocycles. The summed E-state index contributed by atoms with van der Waals surface area (Å²) in [6.07, 6.45) is 5.04. The average molecular weight is 330 g/mol. The standard InChI is InChI=1S/C19H22O3S/c1-3-17(6-4-7-18-8-5-14-22-18)13-15-23(20,21)19-11-9-16(2)10-12-19/h5,8-12,14-15H,3-4,6-7H2,1-2H3. The lowest BCUT2D eigenvalue weighted by Gasteiger charge is -2.01. The largest absolute Gasteiger partial charge is 0.469 e. The first-order valence-electron chi connectivity index (χ1n) is 7.80. The molecular formula is C19H22O3S. The van der Waals surface area contributed by atoms with Crippen molar-refractivity contribution in [3.05, 3.63) is 70.7 Å². The van der Waals surface area contributed by atoms with E-state index in [-0.39, 0.29) is 0 Å². The molecule has 0 amide bonds. The maximum absolute atomic E-state index is 12.3. The number of benzene rings is 1. The number of hydrogen-bond acceptors (Lipinski definition) is 3. The van der Waals surface area contributed by atoms with Gasteiger partial charge in [0.05, 0.1) is 16.6 Å². The van der Waals surface area contributed by atoms with E-state index in [4.69, 9.17) is 4.42 Å². The van der Waals surface area contributed by atoms with Crippen LogP contribution in [0.3, 0.4) is 0 Å². The molecule has 0 spiro atoms. The van der Waals surface area contributed by atoms with Crippen LogP contribution in [0, 0.1) is 6.92 Å². The van der Waals surface area contributed by atoms with Crippen LogP contribution in [0.4, 0.5) is 0 Å². The van der Waals surface area contributed by atoms with E-state index in [0.29, 0.717) is 4.90 Å². The van der Waals surface area contributed by atoms with Crippen LogP contribution >= 0.6 is 0 Å². The van der Waals surface area contributed by atoms with Crippen LogP contribution in [0.15, 0.2) is 68.7 Å². The molecule has 0 N–H and O–H groups in total. The Morgan fingerprint density at radius 1 is 1.22 bits per heavy atom. The lowest BCUT2D eigenvalue weighted by atomic mass is 10.1. The predicted octanol–water partition coefficient (Wildman–Crippen LogP) is 4.83. The van der Waals surface area contributed by atoms with Gasteiger partial charge in [-0.1, -0.05) is 24.6 Å². The van der Waals surface area contributed by atoms with Crippen LogP contribution in [0.2, 0.25) is 0 Å². The number of sulfone groups is 1. The second kappa shape index (κ2) is 8.00. The lowest BCUT2D eigenvalue weighted by Crippen LogP contribution is -1.95. The zero-order valence-electron chi connectivity index (χ0n) is 13.6. The van der Waals surface area contributed by atoms with Crippen LogP contribution in [0.5, 0.6) is 0 Å². The average Bonchev–Trinajstić information content (AvgIpc) is 3.04. The van der Waals surface area contributed by atoms with E-state index < -0.39 is 9.84 Å². The van der Waals surface area contributed by atoms with E-state index in [1.165, 1.54) is 5.41 Å². The molecule has 0 atom stereocenters. The highest BCUT2D eigenvalue weighted by Gasteiger charge is 2.09. The zero-order valence-corrected chi connectivity index (χ0v) is 14.4. The fourth-order valence-electron chi connectivity index (χ4n) is 2.24. The van der Waals surface area contributed by atoms with E-state index in [2.05, 4.69) is 5.73 Å². The summed E-state index contributed by atoms with van der Waals surface area (Å²) in [7, 11) is -3.43. The molecule has 0 saturated carbocycles. The molecule has 0 aliphatic carbocycles. The normalized spacial score (nSPS) is 11.0. The molecule has 0 fully saturated rings. The Morgan fingerprint density at radius 2 is 1.96 bits per heavy atom. The molecule has 0 saturated heterocycles. The Balaban J connectivity index is 2.06. The second-order valence-corrected chi connectivity index (χ2v) is 7.31. The minimum Gasteiger partial charge on any atom is -0.469 e. The van der Waals surface area contributed by atoms with E-state index in [1.54, 1.807) is 30.5 Å². The maximum Gasteiger partial charge on any atom is 0.207 e.